The van der Waals surface area contributed by atoms with Crippen molar-refractivity contribution in [2.75, 3.05) is 19.7 Å². The Balaban J connectivity index is 1.90. The molecule has 2 atom stereocenters. The topological polar surface area (TPSA) is 32.7 Å². The summed E-state index contributed by atoms with van der Waals surface area (Å²) in [6.45, 7) is 6.88. The Kier molecular flexibility index (Phi) is 4.75. The second kappa shape index (κ2) is 6.32. The predicted octanol–water partition coefficient (Wildman–Crippen LogP) is 1.70. The van der Waals surface area contributed by atoms with Gasteiger partial charge in [0, 0.05) is 25.6 Å². The van der Waals surface area contributed by atoms with Crippen LogP contribution in [-0.4, -0.2) is 48.0 Å². The van der Waals surface area contributed by atoms with Crippen molar-refractivity contribution in [1.29, 1.82) is 0 Å². The van der Waals surface area contributed by atoms with Crippen LogP contribution in [0.3, 0.4) is 0 Å². The average Bonchev–Trinajstić information content (AvgIpc) is 2.40. The van der Waals surface area contributed by atoms with Crippen molar-refractivity contribution in [2.24, 2.45) is 0 Å². The van der Waals surface area contributed by atoms with E-state index in [0.717, 1.165) is 18.7 Å². The molecule has 1 saturated heterocycles. The number of ether oxygens (including phenoxy) is 1. The SMILES string of the molecule is CC(C)N1CCOC(C(O)Cc2ccccc2)C1. The van der Waals surface area contributed by atoms with E-state index in [1.165, 1.54) is 0 Å². The number of aliphatic hydroxyl groups is 1. The Bertz CT molecular complexity index is 353. The van der Waals surface area contributed by atoms with Gasteiger partial charge in [-0.3, -0.25) is 4.90 Å². The minimum atomic E-state index is -0.422. The largest absolute Gasteiger partial charge is 0.390 e. The van der Waals surface area contributed by atoms with Crippen LogP contribution in [0.2, 0.25) is 0 Å². The predicted molar refractivity (Wildman–Crippen MR) is 72.6 cm³/mol. The highest BCUT2D eigenvalue weighted by Gasteiger charge is 2.27. The molecule has 1 N–H and O–H groups in total. The van der Waals surface area contributed by atoms with E-state index < -0.39 is 6.10 Å². The van der Waals surface area contributed by atoms with Gasteiger partial charge in [0.2, 0.25) is 0 Å². The van der Waals surface area contributed by atoms with Gasteiger partial charge in [0.25, 0.3) is 0 Å². The fraction of sp³-hybridized carbons (Fsp3) is 0.600. The Hall–Kier alpha value is -0.900. The zero-order chi connectivity index (χ0) is 13.0. The molecule has 1 aliphatic rings. The smallest absolute Gasteiger partial charge is 0.0964 e. The second-order valence-electron chi connectivity index (χ2n) is 5.25. The molecule has 1 fully saturated rings. The van der Waals surface area contributed by atoms with Crippen molar-refractivity contribution < 1.29 is 9.84 Å². The van der Waals surface area contributed by atoms with Crippen molar-refractivity contribution in [3.63, 3.8) is 0 Å². The van der Waals surface area contributed by atoms with Gasteiger partial charge >= 0.3 is 0 Å². The summed E-state index contributed by atoms with van der Waals surface area (Å²) in [6.07, 6.45) is 0.174. The van der Waals surface area contributed by atoms with Crippen molar-refractivity contribution in [3.8, 4) is 0 Å². The summed E-state index contributed by atoms with van der Waals surface area (Å²) in [6, 6.07) is 10.6. The Morgan fingerprint density at radius 2 is 2.06 bits per heavy atom. The van der Waals surface area contributed by atoms with Crippen LogP contribution in [0.15, 0.2) is 30.3 Å². The lowest BCUT2D eigenvalue weighted by molar-refractivity contribution is -0.0940. The van der Waals surface area contributed by atoms with E-state index in [0.29, 0.717) is 19.1 Å². The van der Waals surface area contributed by atoms with Crippen LogP contribution in [0.1, 0.15) is 19.4 Å². The van der Waals surface area contributed by atoms with Crippen LogP contribution >= 0.6 is 0 Å². The summed E-state index contributed by atoms with van der Waals surface area (Å²) in [5.41, 5.74) is 1.16. The lowest BCUT2D eigenvalue weighted by Gasteiger charge is -2.37. The molecule has 3 nitrogen and oxygen atoms in total. The molecule has 0 bridgehead atoms. The summed E-state index contributed by atoms with van der Waals surface area (Å²) in [5.74, 6) is 0. The van der Waals surface area contributed by atoms with E-state index in [4.69, 9.17) is 4.74 Å². The summed E-state index contributed by atoms with van der Waals surface area (Å²) >= 11 is 0. The first-order chi connectivity index (χ1) is 8.66. The minimum Gasteiger partial charge on any atom is -0.390 e. The molecule has 1 heterocycles. The van der Waals surface area contributed by atoms with E-state index in [-0.39, 0.29) is 6.10 Å². The molecular formula is C15H23NO2. The first-order valence-electron chi connectivity index (χ1n) is 6.74. The Morgan fingerprint density at radius 1 is 1.33 bits per heavy atom. The molecule has 0 aromatic heterocycles. The maximum atomic E-state index is 10.3. The average molecular weight is 249 g/mol. The lowest BCUT2D eigenvalue weighted by Crippen LogP contribution is -2.50. The summed E-state index contributed by atoms with van der Waals surface area (Å²) in [7, 11) is 0. The third-order valence-corrected chi connectivity index (χ3v) is 3.57. The highest BCUT2D eigenvalue weighted by Crippen LogP contribution is 2.15. The molecule has 100 valence electrons. The maximum Gasteiger partial charge on any atom is 0.0964 e. The van der Waals surface area contributed by atoms with Gasteiger partial charge in [0.1, 0.15) is 0 Å². The van der Waals surface area contributed by atoms with E-state index in [1.807, 2.05) is 30.3 Å². The first-order valence-corrected chi connectivity index (χ1v) is 6.74. The summed E-state index contributed by atoms with van der Waals surface area (Å²) in [4.78, 5) is 2.36. The molecule has 1 aromatic rings. The van der Waals surface area contributed by atoms with Crippen molar-refractivity contribution >= 4 is 0 Å². The van der Waals surface area contributed by atoms with Gasteiger partial charge in [0.15, 0.2) is 0 Å². The standard InChI is InChI=1S/C15H23NO2/c1-12(2)16-8-9-18-15(11-16)14(17)10-13-6-4-3-5-7-13/h3-7,12,14-15,17H,8-11H2,1-2H3. The van der Waals surface area contributed by atoms with Crippen LogP contribution < -0.4 is 0 Å². The quantitative estimate of drug-likeness (QED) is 0.881. The molecule has 1 aliphatic heterocycles. The van der Waals surface area contributed by atoms with Crippen molar-refractivity contribution in [2.45, 2.75) is 38.5 Å². The molecule has 0 aliphatic carbocycles. The van der Waals surface area contributed by atoms with Crippen LogP contribution in [0.5, 0.6) is 0 Å². The van der Waals surface area contributed by atoms with Gasteiger partial charge in [-0.1, -0.05) is 30.3 Å². The van der Waals surface area contributed by atoms with Gasteiger partial charge < -0.3 is 9.84 Å². The third-order valence-electron chi connectivity index (χ3n) is 3.57. The number of hydrogen-bond acceptors (Lipinski definition) is 3. The monoisotopic (exact) mass is 249 g/mol. The van der Waals surface area contributed by atoms with Crippen LogP contribution in [0, 0.1) is 0 Å². The van der Waals surface area contributed by atoms with Crippen molar-refractivity contribution in [3.05, 3.63) is 35.9 Å². The second-order valence-corrected chi connectivity index (χ2v) is 5.25. The first kappa shape index (κ1) is 13.5. The lowest BCUT2D eigenvalue weighted by atomic mass is 10.0. The highest BCUT2D eigenvalue weighted by atomic mass is 16.5. The fourth-order valence-corrected chi connectivity index (χ4v) is 2.39. The van der Waals surface area contributed by atoms with Gasteiger partial charge in [-0.05, 0) is 19.4 Å². The number of benzene rings is 1. The van der Waals surface area contributed by atoms with Crippen molar-refractivity contribution in [1.82, 2.24) is 4.90 Å². The van der Waals surface area contributed by atoms with Crippen LogP contribution in [-0.2, 0) is 11.2 Å². The molecule has 0 spiro atoms. The molecule has 1 aromatic carbocycles. The Morgan fingerprint density at radius 3 is 2.72 bits per heavy atom. The molecule has 2 unspecified atom stereocenters. The number of morpholine rings is 1. The maximum absolute atomic E-state index is 10.3. The number of nitrogens with zero attached hydrogens (tertiary/aromatic N) is 1. The molecule has 0 radical (unpaired) electrons. The molecule has 0 saturated carbocycles. The van der Waals surface area contributed by atoms with Gasteiger partial charge in [-0.15, -0.1) is 0 Å². The van der Waals surface area contributed by atoms with Crippen LogP contribution in [0.25, 0.3) is 0 Å². The van der Waals surface area contributed by atoms with Gasteiger partial charge in [-0.25, -0.2) is 0 Å². The van der Waals surface area contributed by atoms with E-state index in [1.54, 1.807) is 0 Å². The van der Waals surface area contributed by atoms with E-state index in [2.05, 4.69) is 18.7 Å². The number of aliphatic hydroxyl groups excluding tert-OH is 1. The molecular weight excluding hydrogens is 226 g/mol. The van der Waals surface area contributed by atoms with Gasteiger partial charge in [-0.2, -0.15) is 0 Å². The molecule has 0 amide bonds. The van der Waals surface area contributed by atoms with E-state index in [9.17, 15) is 5.11 Å². The van der Waals surface area contributed by atoms with Gasteiger partial charge in [0.05, 0.1) is 18.8 Å². The molecule has 3 heteroatoms. The molecule has 2 rings (SSSR count). The summed E-state index contributed by atoms with van der Waals surface area (Å²) < 4.78 is 5.70. The highest BCUT2D eigenvalue weighted by molar-refractivity contribution is 5.15. The third kappa shape index (κ3) is 3.55. The minimum absolute atomic E-state index is 0.0682. The summed E-state index contributed by atoms with van der Waals surface area (Å²) in [5, 5.41) is 10.3. The zero-order valence-corrected chi connectivity index (χ0v) is 11.2. The normalized spacial score (nSPS) is 23.2. The fourth-order valence-electron chi connectivity index (χ4n) is 2.39. The molecule has 18 heavy (non-hydrogen) atoms. The number of hydrogen-bond donors (Lipinski definition) is 1. The Labute approximate surface area is 109 Å². The van der Waals surface area contributed by atoms with E-state index >= 15 is 0 Å². The zero-order valence-electron chi connectivity index (χ0n) is 11.2. The number of rotatable bonds is 4. The van der Waals surface area contributed by atoms with Crippen LogP contribution in [0.4, 0.5) is 0 Å².